The highest BCUT2D eigenvalue weighted by atomic mass is 15.2. The van der Waals surface area contributed by atoms with Crippen LogP contribution in [0.2, 0.25) is 0 Å². The third kappa shape index (κ3) is 3.24. The van der Waals surface area contributed by atoms with E-state index in [0.29, 0.717) is 0 Å². The van der Waals surface area contributed by atoms with Gasteiger partial charge in [-0.25, -0.2) is 0 Å². The molecular formula is C10H21N. The molecule has 1 fully saturated rings. The minimum Gasteiger partial charge on any atom is -0.301 e. The molecule has 1 aliphatic carbocycles. The van der Waals surface area contributed by atoms with Gasteiger partial charge in [-0.15, -0.1) is 0 Å². The Bertz CT molecular complexity index is 97.0. The minimum absolute atomic E-state index is 0.969. The summed E-state index contributed by atoms with van der Waals surface area (Å²) in [5.41, 5.74) is 0. The smallest absolute Gasteiger partial charge is 0.00963 e. The molecule has 0 aliphatic heterocycles. The van der Waals surface area contributed by atoms with Crippen molar-refractivity contribution >= 4 is 0 Å². The summed E-state index contributed by atoms with van der Waals surface area (Å²) < 4.78 is 0. The van der Waals surface area contributed by atoms with Gasteiger partial charge in [-0.05, 0) is 32.4 Å². The average molecular weight is 155 g/mol. The van der Waals surface area contributed by atoms with Gasteiger partial charge in [0.25, 0.3) is 0 Å². The monoisotopic (exact) mass is 155 g/mol. The summed E-state index contributed by atoms with van der Waals surface area (Å²) in [5.74, 6) is 0. The average Bonchev–Trinajstić information content (AvgIpc) is 2.81. The van der Waals surface area contributed by atoms with Crippen LogP contribution in [0.3, 0.4) is 0 Å². The van der Waals surface area contributed by atoms with Crippen LogP contribution in [0.4, 0.5) is 0 Å². The molecule has 0 N–H and O–H groups in total. The maximum absolute atomic E-state index is 2.63. The highest BCUT2D eigenvalue weighted by Gasteiger charge is 2.26. The molecule has 0 aromatic rings. The van der Waals surface area contributed by atoms with E-state index in [1.54, 1.807) is 0 Å². The topological polar surface area (TPSA) is 3.24 Å². The van der Waals surface area contributed by atoms with Crippen LogP contribution in [-0.4, -0.2) is 24.0 Å². The van der Waals surface area contributed by atoms with Gasteiger partial charge in [-0.1, -0.05) is 26.7 Å². The summed E-state index contributed by atoms with van der Waals surface area (Å²) in [6.45, 7) is 7.15. The van der Waals surface area contributed by atoms with Gasteiger partial charge in [-0.3, -0.25) is 0 Å². The van der Waals surface area contributed by atoms with Crippen molar-refractivity contribution in [3.05, 3.63) is 0 Å². The molecule has 66 valence electrons. The van der Waals surface area contributed by atoms with Crippen LogP contribution in [0, 0.1) is 0 Å². The van der Waals surface area contributed by atoms with E-state index in [0.717, 1.165) is 6.04 Å². The van der Waals surface area contributed by atoms with E-state index in [9.17, 15) is 0 Å². The van der Waals surface area contributed by atoms with Crippen LogP contribution in [0.15, 0.2) is 0 Å². The Morgan fingerprint density at radius 2 is 1.91 bits per heavy atom. The molecule has 11 heavy (non-hydrogen) atoms. The number of hydrogen-bond acceptors (Lipinski definition) is 1. The Labute approximate surface area is 70.8 Å². The normalized spacial score (nSPS) is 17.7. The van der Waals surface area contributed by atoms with Crippen molar-refractivity contribution in [1.29, 1.82) is 0 Å². The lowest BCUT2D eigenvalue weighted by Crippen LogP contribution is -2.26. The van der Waals surface area contributed by atoms with Crippen LogP contribution >= 0.6 is 0 Å². The molecule has 0 radical (unpaired) electrons. The molecule has 1 saturated carbocycles. The van der Waals surface area contributed by atoms with Crippen molar-refractivity contribution in [3.63, 3.8) is 0 Å². The van der Waals surface area contributed by atoms with E-state index in [-0.39, 0.29) is 0 Å². The van der Waals surface area contributed by atoms with Gasteiger partial charge in [0.15, 0.2) is 0 Å². The van der Waals surface area contributed by atoms with E-state index in [1.165, 1.54) is 45.2 Å². The fraction of sp³-hybridized carbons (Fsp3) is 1.00. The van der Waals surface area contributed by atoms with Crippen molar-refractivity contribution in [2.45, 2.75) is 52.0 Å². The maximum Gasteiger partial charge on any atom is 0.00963 e. The van der Waals surface area contributed by atoms with Crippen molar-refractivity contribution in [1.82, 2.24) is 4.90 Å². The first-order chi connectivity index (χ1) is 5.38. The van der Waals surface area contributed by atoms with Crippen LogP contribution in [-0.2, 0) is 0 Å². The maximum atomic E-state index is 2.63. The summed E-state index contributed by atoms with van der Waals surface area (Å²) in [4.78, 5) is 2.63. The molecule has 1 aliphatic rings. The molecule has 0 aromatic heterocycles. The van der Waals surface area contributed by atoms with Gasteiger partial charge in [0.05, 0.1) is 0 Å². The SMILES string of the molecule is CCCCCN(CC)C1CC1. The van der Waals surface area contributed by atoms with Gasteiger partial charge >= 0.3 is 0 Å². The Kier molecular flexibility index (Phi) is 3.92. The van der Waals surface area contributed by atoms with Crippen molar-refractivity contribution in [2.24, 2.45) is 0 Å². The standard InChI is InChI=1S/C10H21N/c1-3-5-6-9-11(4-2)10-7-8-10/h10H,3-9H2,1-2H3. The van der Waals surface area contributed by atoms with Crippen molar-refractivity contribution in [3.8, 4) is 0 Å². The third-order valence-corrected chi connectivity index (χ3v) is 2.52. The molecule has 1 nitrogen and oxygen atoms in total. The number of nitrogens with zero attached hydrogens (tertiary/aromatic N) is 1. The van der Waals surface area contributed by atoms with E-state index in [1.807, 2.05) is 0 Å². The lowest BCUT2D eigenvalue weighted by atomic mass is 10.2. The molecule has 1 heteroatoms. The zero-order valence-corrected chi connectivity index (χ0v) is 7.97. The third-order valence-electron chi connectivity index (χ3n) is 2.52. The second-order valence-electron chi connectivity index (χ2n) is 3.57. The molecule has 0 bridgehead atoms. The lowest BCUT2D eigenvalue weighted by molar-refractivity contribution is 0.271. The van der Waals surface area contributed by atoms with Crippen LogP contribution < -0.4 is 0 Å². The van der Waals surface area contributed by atoms with Crippen molar-refractivity contribution in [2.75, 3.05) is 13.1 Å². The Morgan fingerprint density at radius 1 is 1.18 bits per heavy atom. The van der Waals surface area contributed by atoms with E-state index >= 15 is 0 Å². The van der Waals surface area contributed by atoms with Crippen molar-refractivity contribution < 1.29 is 0 Å². The van der Waals surface area contributed by atoms with Crippen LogP contribution in [0.1, 0.15) is 46.0 Å². The summed E-state index contributed by atoms with van der Waals surface area (Å²) >= 11 is 0. The molecule has 0 unspecified atom stereocenters. The summed E-state index contributed by atoms with van der Waals surface area (Å²) in [7, 11) is 0. The number of rotatable bonds is 6. The molecule has 0 saturated heterocycles. The number of hydrogen-bond donors (Lipinski definition) is 0. The van der Waals surface area contributed by atoms with Crippen LogP contribution in [0.25, 0.3) is 0 Å². The summed E-state index contributed by atoms with van der Waals surface area (Å²) in [6.07, 6.45) is 7.08. The second kappa shape index (κ2) is 4.76. The van der Waals surface area contributed by atoms with E-state index < -0.39 is 0 Å². The molecule has 0 spiro atoms. The van der Waals surface area contributed by atoms with Gasteiger partial charge in [0.1, 0.15) is 0 Å². The lowest BCUT2D eigenvalue weighted by Gasteiger charge is -2.18. The highest BCUT2D eigenvalue weighted by molar-refractivity contribution is 4.83. The quantitative estimate of drug-likeness (QED) is 0.533. The molecular weight excluding hydrogens is 134 g/mol. The number of unbranched alkanes of at least 4 members (excludes halogenated alkanes) is 2. The molecule has 0 heterocycles. The Hall–Kier alpha value is -0.0400. The first-order valence-corrected chi connectivity index (χ1v) is 5.12. The van der Waals surface area contributed by atoms with E-state index in [4.69, 9.17) is 0 Å². The Morgan fingerprint density at radius 3 is 2.36 bits per heavy atom. The van der Waals surface area contributed by atoms with Crippen LogP contribution in [0.5, 0.6) is 0 Å². The summed E-state index contributed by atoms with van der Waals surface area (Å²) in [6, 6.07) is 0.969. The predicted octanol–water partition coefficient (Wildman–Crippen LogP) is 2.66. The summed E-state index contributed by atoms with van der Waals surface area (Å²) in [5, 5.41) is 0. The van der Waals surface area contributed by atoms with Gasteiger partial charge in [0, 0.05) is 6.04 Å². The zero-order valence-electron chi connectivity index (χ0n) is 7.97. The predicted molar refractivity (Wildman–Crippen MR) is 49.8 cm³/mol. The fourth-order valence-corrected chi connectivity index (χ4v) is 1.60. The molecule has 0 atom stereocenters. The minimum atomic E-state index is 0.969. The first kappa shape index (κ1) is 9.05. The van der Waals surface area contributed by atoms with E-state index in [2.05, 4.69) is 18.7 Å². The highest BCUT2D eigenvalue weighted by Crippen LogP contribution is 2.26. The Balaban J connectivity index is 2.01. The van der Waals surface area contributed by atoms with Gasteiger partial charge in [0.2, 0.25) is 0 Å². The molecule has 0 aromatic carbocycles. The largest absolute Gasteiger partial charge is 0.301 e. The second-order valence-corrected chi connectivity index (χ2v) is 3.57. The first-order valence-electron chi connectivity index (χ1n) is 5.12. The molecule has 0 amide bonds. The fourth-order valence-electron chi connectivity index (χ4n) is 1.60. The van der Waals surface area contributed by atoms with Gasteiger partial charge in [-0.2, -0.15) is 0 Å². The zero-order chi connectivity index (χ0) is 8.10. The van der Waals surface area contributed by atoms with Gasteiger partial charge < -0.3 is 4.90 Å². The molecule has 1 rings (SSSR count).